The minimum absolute atomic E-state index is 0.264. The lowest BCUT2D eigenvalue weighted by Crippen LogP contribution is -2.13. The van der Waals surface area contributed by atoms with E-state index in [1.54, 1.807) is 36.4 Å². The lowest BCUT2D eigenvalue weighted by atomic mass is 10.1. The molecule has 2 aromatic carbocycles. The van der Waals surface area contributed by atoms with E-state index in [0.717, 1.165) is 17.2 Å². The standard InChI is InChI=1S/C18H17NO4/c1-12-3-9-16(23-2)15(11-12)18(22)19-14-7-4-13(5-8-14)6-10-17(20)21/h3-11H,1-2H3,(H,19,22)(H,20,21). The Balaban J connectivity index is 2.14. The molecule has 0 aliphatic carbocycles. The fraction of sp³-hybridized carbons (Fsp3) is 0.111. The molecule has 2 N–H and O–H groups in total. The zero-order valence-corrected chi connectivity index (χ0v) is 12.9. The normalized spacial score (nSPS) is 10.5. The molecule has 5 heteroatoms. The minimum Gasteiger partial charge on any atom is -0.496 e. The number of ether oxygens (including phenoxy) is 1. The molecule has 0 saturated heterocycles. The van der Waals surface area contributed by atoms with E-state index in [1.165, 1.54) is 13.2 Å². The zero-order valence-electron chi connectivity index (χ0n) is 12.9. The Kier molecular flexibility index (Phi) is 5.15. The monoisotopic (exact) mass is 311 g/mol. The second-order valence-electron chi connectivity index (χ2n) is 4.95. The number of carbonyl (C=O) groups is 2. The highest BCUT2D eigenvalue weighted by atomic mass is 16.5. The second-order valence-corrected chi connectivity index (χ2v) is 4.95. The van der Waals surface area contributed by atoms with Gasteiger partial charge in [0.05, 0.1) is 12.7 Å². The van der Waals surface area contributed by atoms with Gasteiger partial charge in [-0.05, 0) is 42.8 Å². The first-order valence-corrected chi connectivity index (χ1v) is 6.96. The highest BCUT2D eigenvalue weighted by Gasteiger charge is 2.12. The highest BCUT2D eigenvalue weighted by molar-refractivity contribution is 6.06. The minimum atomic E-state index is -1.01. The van der Waals surface area contributed by atoms with Gasteiger partial charge in [-0.15, -0.1) is 0 Å². The average molecular weight is 311 g/mol. The van der Waals surface area contributed by atoms with Gasteiger partial charge in [-0.25, -0.2) is 4.79 Å². The van der Waals surface area contributed by atoms with E-state index in [0.29, 0.717) is 17.0 Å². The summed E-state index contributed by atoms with van der Waals surface area (Å²) < 4.78 is 5.21. The summed E-state index contributed by atoms with van der Waals surface area (Å²) in [4.78, 5) is 22.8. The topological polar surface area (TPSA) is 75.6 Å². The van der Waals surface area contributed by atoms with Gasteiger partial charge in [-0.2, -0.15) is 0 Å². The van der Waals surface area contributed by atoms with Crippen molar-refractivity contribution in [1.82, 2.24) is 0 Å². The van der Waals surface area contributed by atoms with E-state index >= 15 is 0 Å². The molecule has 1 amide bonds. The van der Waals surface area contributed by atoms with Crippen LogP contribution in [0.1, 0.15) is 21.5 Å². The predicted octanol–water partition coefficient (Wildman–Crippen LogP) is 3.35. The first-order chi connectivity index (χ1) is 11.0. The molecule has 2 rings (SSSR count). The number of hydrogen-bond acceptors (Lipinski definition) is 3. The van der Waals surface area contributed by atoms with Crippen LogP contribution in [0.4, 0.5) is 5.69 Å². The number of hydrogen-bond donors (Lipinski definition) is 2. The van der Waals surface area contributed by atoms with Crippen molar-refractivity contribution in [3.8, 4) is 5.75 Å². The number of anilines is 1. The molecule has 118 valence electrons. The van der Waals surface area contributed by atoms with Gasteiger partial charge < -0.3 is 15.2 Å². The third-order valence-electron chi connectivity index (χ3n) is 3.19. The Morgan fingerprint density at radius 3 is 2.43 bits per heavy atom. The molecule has 0 bridgehead atoms. The third kappa shape index (κ3) is 4.44. The van der Waals surface area contributed by atoms with Crippen molar-refractivity contribution in [1.29, 1.82) is 0 Å². The Bertz CT molecular complexity index is 748. The highest BCUT2D eigenvalue weighted by Crippen LogP contribution is 2.21. The number of rotatable bonds is 5. The molecule has 23 heavy (non-hydrogen) atoms. The van der Waals surface area contributed by atoms with Crippen LogP contribution in [0.15, 0.2) is 48.5 Å². The van der Waals surface area contributed by atoms with Crippen LogP contribution in [0.25, 0.3) is 6.08 Å². The van der Waals surface area contributed by atoms with Crippen LogP contribution < -0.4 is 10.1 Å². The average Bonchev–Trinajstić information content (AvgIpc) is 2.54. The number of methoxy groups -OCH3 is 1. The summed E-state index contributed by atoms with van der Waals surface area (Å²) in [6.07, 6.45) is 2.54. The number of aryl methyl sites for hydroxylation is 1. The van der Waals surface area contributed by atoms with Gasteiger partial charge in [0.25, 0.3) is 5.91 Å². The quantitative estimate of drug-likeness (QED) is 0.830. The Labute approximate surface area is 134 Å². The molecule has 0 radical (unpaired) electrons. The lowest BCUT2D eigenvalue weighted by molar-refractivity contribution is -0.131. The summed E-state index contributed by atoms with van der Waals surface area (Å²) in [7, 11) is 1.52. The summed E-state index contributed by atoms with van der Waals surface area (Å²) in [6, 6.07) is 12.3. The summed E-state index contributed by atoms with van der Waals surface area (Å²) in [6.45, 7) is 1.90. The number of nitrogens with one attached hydrogen (secondary N) is 1. The van der Waals surface area contributed by atoms with Crippen LogP contribution in [-0.2, 0) is 4.79 Å². The number of benzene rings is 2. The van der Waals surface area contributed by atoms with E-state index in [2.05, 4.69) is 5.32 Å². The summed E-state index contributed by atoms with van der Waals surface area (Å²) in [5, 5.41) is 11.4. The molecule has 0 aliphatic rings. The van der Waals surface area contributed by atoms with Crippen LogP contribution in [0, 0.1) is 6.92 Å². The maximum atomic E-state index is 12.4. The van der Waals surface area contributed by atoms with Crippen molar-refractivity contribution in [3.63, 3.8) is 0 Å². The molecule has 5 nitrogen and oxygen atoms in total. The zero-order chi connectivity index (χ0) is 16.8. The van der Waals surface area contributed by atoms with Gasteiger partial charge >= 0.3 is 5.97 Å². The van der Waals surface area contributed by atoms with Gasteiger partial charge in [0.15, 0.2) is 0 Å². The molecular formula is C18H17NO4. The van der Waals surface area contributed by atoms with Gasteiger partial charge in [0.2, 0.25) is 0 Å². The molecule has 0 unspecified atom stereocenters. The molecule has 0 atom stereocenters. The van der Waals surface area contributed by atoms with Crippen LogP contribution in [0.2, 0.25) is 0 Å². The number of amides is 1. The van der Waals surface area contributed by atoms with Crippen LogP contribution in [0.3, 0.4) is 0 Å². The molecule has 0 saturated carbocycles. The van der Waals surface area contributed by atoms with E-state index in [-0.39, 0.29) is 5.91 Å². The lowest BCUT2D eigenvalue weighted by Gasteiger charge is -2.10. The fourth-order valence-electron chi connectivity index (χ4n) is 2.04. The number of aliphatic carboxylic acids is 1. The first kappa shape index (κ1) is 16.3. The van der Waals surface area contributed by atoms with Crippen molar-refractivity contribution in [3.05, 3.63) is 65.2 Å². The van der Waals surface area contributed by atoms with Gasteiger partial charge in [-0.1, -0.05) is 23.8 Å². The van der Waals surface area contributed by atoms with Gasteiger partial charge in [-0.3, -0.25) is 4.79 Å². The molecule has 0 spiro atoms. The van der Waals surface area contributed by atoms with Crippen molar-refractivity contribution < 1.29 is 19.4 Å². The van der Waals surface area contributed by atoms with Crippen molar-refractivity contribution >= 4 is 23.6 Å². The molecule has 0 aliphatic heterocycles. The van der Waals surface area contributed by atoms with Gasteiger partial charge in [0.1, 0.15) is 5.75 Å². The number of carboxylic acid groups (broad SMARTS) is 1. The van der Waals surface area contributed by atoms with E-state index in [9.17, 15) is 9.59 Å². The van der Waals surface area contributed by atoms with E-state index in [4.69, 9.17) is 9.84 Å². The number of carboxylic acids is 1. The summed E-state index contributed by atoms with van der Waals surface area (Å²) in [5.41, 5.74) is 2.78. The smallest absolute Gasteiger partial charge is 0.328 e. The fourth-order valence-corrected chi connectivity index (χ4v) is 2.04. The second kappa shape index (κ2) is 7.26. The molecule has 2 aromatic rings. The van der Waals surface area contributed by atoms with Crippen molar-refractivity contribution in [2.24, 2.45) is 0 Å². The summed E-state index contributed by atoms with van der Waals surface area (Å²) in [5.74, 6) is -0.762. The Morgan fingerprint density at radius 2 is 1.83 bits per heavy atom. The first-order valence-electron chi connectivity index (χ1n) is 6.96. The maximum absolute atomic E-state index is 12.4. The molecule has 0 aromatic heterocycles. The van der Waals surface area contributed by atoms with Crippen molar-refractivity contribution in [2.75, 3.05) is 12.4 Å². The van der Waals surface area contributed by atoms with Gasteiger partial charge in [0, 0.05) is 11.8 Å². The predicted molar refractivity (Wildman–Crippen MR) is 88.8 cm³/mol. The third-order valence-corrected chi connectivity index (χ3v) is 3.19. The molecule has 0 heterocycles. The summed E-state index contributed by atoms with van der Waals surface area (Å²) >= 11 is 0. The SMILES string of the molecule is COc1ccc(C)cc1C(=O)Nc1ccc(C=CC(=O)O)cc1. The van der Waals surface area contributed by atoms with Crippen molar-refractivity contribution in [2.45, 2.75) is 6.92 Å². The Morgan fingerprint density at radius 1 is 1.13 bits per heavy atom. The largest absolute Gasteiger partial charge is 0.496 e. The Hall–Kier alpha value is -3.08. The van der Waals surface area contributed by atoms with Crippen LogP contribution >= 0.6 is 0 Å². The maximum Gasteiger partial charge on any atom is 0.328 e. The van der Waals surface area contributed by atoms with E-state index in [1.807, 2.05) is 13.0 Å². The van der Waals surface area contributed by atoms with Crippen LogP contribution in [-0.4, -0.2) is 24.1 Å². The van der Waals surface area contributed by atoms with Crippen LogP contribution in [0.5, 0.6) is 5.75 Å². The number of carbonyl (C=O) groups excluding carboxylic acids is 1. The van der Waals surface area contributed by atoms with E-state index < -0.39 is 5.97 Å². The molecular weight excluding hydrogens is 294 g/mol. The molecule has 0 fully saturated rings.